The van der Waals surface area contributed by atoms with Gasteiger partial charge in [-0.2, -0.15) is 10.2 Å². The van der Waals surface area contributed by atoms with Gasteiger partial charge in [-0.15, -0.1) is 0 Å². The van der Waals surface area contributed by atoms with Crippen LogP contribution < -0.4 is 15.2 Å². The number of nitrogens with zero attached hydrogens (tertiary/aromatic N) is 2. The number of pyridine rings is 1. The lowest BCUT2D eigenvalue weighted by atomic mass is 9.89. The van der Waals surface area contributed by atoms with Crippen molar-refractivity contribution in [1.29, 1.82) is 5.26 Å². The summed E-state index contributed by atoms with van der Waals surface area (Å²) < 4.78 is 39.6. The smallest absolute Gasteiger partial charge is 0.345 e. The number of aromatic nitrogens is 1. The van der Waals surface area contributed by atoms with Gasteiger partial charge < -0.3 is 20.3 Å². The predicted molar refractivity (Wildman–Crippen MR) is 120 cm³/mol. The molecule has 0 aliphatic rings. The first kappa shape index (κ1) is 24.6. The van der Waals surface area contributed by atoms with Crippen LogP contribution >= 0.6 is 0 Å². The van der Waals surface area contributed by atoms with Gasteiger partial charge in [-0.3, -0.25) is 0 Å². The Morgan fingerprint density at radius 2 is 1.82 bits per heavy atom. The highest BCUT2D eigenvalue weighted by Crippen LogP contribution is 2.33. The molecule has 3 aromatic rings. The number of halogens is 2. The Labute approximate surface area is 195 Å². The second kappa shape index (κ2) is 9.85. The highest BCUT2D eigenvalue weighted by atomic mass is 19.1. The van der Waals surface area contributed by atoms with Crippen molar-refractivity contribution in [3.63, 3.8) is 0 Å². The van der Waals surface area contributed by atoms with Gasteiger partial charge in [0.15, 0.2) is 11.6 Å². The molecular weight excluding hydrogens is 444 g/mol. The summed E-state index contributed by atoms with van der Waals surface area (Å²) in [4.78, 5) is 15.3. The molecular formula is C25H23F2N3O4. The summed E-state index contributed by atoms with van der Waals surface area (Å²) in [5, 5.41) is 18.9. The van der Waals surface area contributed by atoms with Crippen LogP contribution in [0.1, 0.15) is 31.9 Å². The van der Waals surface area contributed by atoms with Crippen molar-refractivity contribution in [3.8, 4) is 34.7 Å². The summed E-state index contributed by atoms with van der Waals surface area (Å²) >= 11 is 0. The summed E-state index contributed by atoms with van der Waals surface area (Å²) in [6.07, 6.45) is -1.45. The highest BCUT2D eigenvalue weighted by Gasteiger charge is 2.35. The maximum atomic E-state index is 14.5. The minimum Gasteiger partial charge on any atom is -0.478 e. The average Bonchev–Trinajstić information content (AvgIpc) is 2.78. The molecule has 34 heavy (non-hydrogen) atoms. The summed E-state index contributed by atoms with van der Waals surface area (Å²) in [7, 11) is 0. The topological polar surface area (TPSA) is 118 Å². The van der Waals surface area contributed by atoms with Crippen molar-refractivity contribution in [2.45, 2.75) is 33.4 Å². The van der Waals surface area contributed by atoms with E-state index in [9.17, 15) is 23.9 Å². The molecule has 3 rings (SSSR count). The van der Waals surface area contributed by atoms with Gasteiger partial charge >= 0.3 is 5.97 Å². The van der Waals surface area contributed by atoms with Crippen molar-refractivity contribution in [2.75, 3.05) is 0 Å². The summed E-state index contributed by atoms with van der Waals surface area (Å²) in [6.45, 7) is 5.12. The van der Waals surface area contributed by atoms with Gasteiger partial charge in [0, 0.05) is 18.0 Å². The number of nitrogens with two attached hydrogens (primary N) is 1. The Kier molecular flexibility index (Phi) is 7.13. The Morgan fingerprint density at radius 1 is 1.12 bits per heavy atom. The minimum atomic E-state index is -1.45. The largest absolute Gasteiger partial charge is 0.478 e. The number of aliphatic carboxylic acids is 1. The zero-order valence-corrected chi connectivity index (χ0v) is 18.8. The second-order valence-electron chi connectivity index (χ2n) is 8.63. The standard InChI is InChI=1S/C25H23F2N3O4/c1-25(2,3)21(24(31)32)34-23-20(27)11-19(26)22(30-23)33-18-9-15(13-29)8-17(10-18)16-6-4-5-14(7-16)12-28/h4-11,21H,12,28H2,1-3H3,(H,31,32). The molecule has 0 saturated carbocycles. The second-order valence-corrected chi connectivity index (χ2v) is 8.63. The SMILES string of the molecule is CC(C)(C)C(Oc1nc(Oc2cc(C#N)cc(-c3cccc(CN)c3)c2)c(F)cc1F)C(=O)O. The number of hydrogen-bond donors (Lipinski definition) is 2. The van der Waals surface area contributed by atoms with E-state index in [0.717, 1.165) is 11.1 Å². The number of benzene rings is 2. The molecule has 0 saturated heterocycles. The molecule has 0 bridgehead atoms. The molecule has 1 aromatic heterocycles. The van der Waals surface area contributed by atoms with Crippen LogP contribution in [0.2, 0.25) is 0 Å². The third-order valence-corrected chi connectivity index (χ3v) is 4.85. The lowest BCUT2D eigenvalue weighted by molar-refractivity contribution is -0.150. The molecule has 0 fully saturated rings. The van der Waals surface area contributed by atoms with E-state index in [1.807, 2.05) is 30.3 Å². The van der Waals surface area contributed by atoms with Crippen molar-refractivity contribution in [3.05, 3.63) is 71.3 Å². The van der Waals surface area contributed by atoms with E-state index < -0.39 is 40.9 Å². The van der Waals surface area contributed by atoms with Gasteiger partial charge in [0.25, 0.3) is 11.8 Å². The van der Waals surface area contributed by atoms with Crippen LogP contribution in [-0.2, 0) is 11.3 Å². The van der Waals surface area contributed by atoms with Gasteiger partial charge in [0.05, 0.1) is 11.6 Å². The summed E-state index contributed by atoms with van der Waals surface area (Å²) in [5.41, 5.74) is 7.29. The van der Waals surface area contributed by atoms with Crippen molar-refractivity contribution >= 4 is 5.97 Å². The first-order valence-electron chi connectivity index (χ1n) is 10.3. The van der Waals surface area contributed by atoms with Crippen LogP contribution in [-0.4, -0.2) is 22.2 Å². The van der Waals surface area contributed by atoms with Crippen molar-refractivity contribution in [2.24, 2.45) is 11.1 Å². The molecule has 0 aliphatic carbocycles. The molecule has 2 aromatic carbocycles. The molecule has 1 heterocycles. The molecule has 176 valence electrons. The molecule has 7 nitrogen and oxygen atoms in total. The van der Waals surface area contributed by atoms with Gasteiger partial charge in [0.1, 0.15) is 5.75 Å². The average molecular weight is 467 g/mol. The fourth-order valence-electron chi connectivity index (χ4n) is 3.18. The molecule has 0 aliphatic heterocycles. The van der Waals surface area contributed by atoms with E-state index >= 15 is 0 Å². The van der Waals surface area contributed by atoms with Crippen LogP contribution in [0.5, 0.6) is 17.5 Å². The number of carbonyl (C=O) groups is 1. The number of hydrogen-bond acceptors (Lipinski definition) is 6. The molecule has 9 heteroatoms. The fourth-order valence-corrected chi connectivity index (χ4v) is 3.18. The fraction of sp³-hybridized carbons (Fsp3) is 0.240. The van der Waals surface area contributed by atoms with Gasteiger partial charge in [-0.1, -0.05) is 39.0 Å². The number of rotatable bonds is 7. The Hall–Kier alpha value is -4.03. The van der Waals surface area contributed by atoms with Crippen LogP contribution in [0.3, 0.4) is 0 Å². The third-order valence-electron chi connectivity index (χ3n) is 4.85. The molecule has 1 atom stereocenters. The minimum absolute atomic E-state index is 0.0711. The normalized spacial score (nSPS) is 12.0. The van der Waals surface area contributed by atoms with Crippen LogP contribution in [0, 0.1) is 28.4 Å². The van der Waals surface area contributed by atoms with E-state index in [0.29, 0.717) is 18.2 Å². The Bertz CT molecular complexity index is 1270. The molecule has 0 spiro atoms. The van der Waals surface area contributed by atoms with E-state index in [4.69, 9.17) is 15.2 Å². The lowest BCUT2D eigenvalue weighted by Crippen LogP contribution is -2.39. The molecule has 0 amide bonds. The summed E-state index contributed by atoms with van der Waals surface area (Å²) in [6, 6.07) is 14.4. The maximum absolute atomic E-state index is 14.5. The predicted octanol–water partition coefficient (Wildman–Crippen LogP) is 5.03. The lowest BCUT2D eigenvalue weighted by Gasteiger charge is -2.27. The van der Waals surface area contributed by atoms with Crippen molar-refractivity contribution < 1.29 is 28.2 Å². The zero-order valence-electron chi connectivity index (χ0n) is 18.8. The molecule has 0 radical (unpaired) electrons. The van der Waals surface area contributed by atoms with E-state index in [-0.39, 0.29) is 11.3 Å². The van der Waals surface area contributed by atoms with Gasteiger partial charge in [-0.25, -0.2) is 13.6 Å². The number of carboxylic acid groups (broad SMARTS) is 1. The van der Waals surface area contributed by atoms with E-state index in [1.54, 1.807) is 32.9 Å². The van der Waals surface area contributed by atoms with E-state index in [2.05, 4.69) is 4.98 Å². The number of nitriles is 1. The highest BCUT2D eigenvalue weighted by molar-refractivity contribution is 5.73. The quantitative estimate of drug-likeness (QED) is 0.500. The number of carboxylic acids is 1. The first-order chi connectivity index (χ1) is 16.0. The first-order valence-corrected chi connectivity index (χ1v) is 10.3. The van der Waals surface area contributed by atoms with Gasteiger partial charge in [-0.05, 0) is 41.0 Å². The van der Waals surface area contributed by atoms with Crippen LogP contribution in [0.4, 0.5) is 8.78 Å². The molecule has 3 N–H and O–H groups in total. The number of ether oxygens (including phenoxy) is 2. The summed E-state index contributed by atoms with van der Waals surface area (Å²) in [5.74, 6) is -4.91. The zero-order chi connectivity index (χ0) is 25.0. The van der Waals surface area contributed by atoms with Crippen LogP contribution in [0.15, 0.2) is 48.5 Å². The Morgan fingerprint density at radius 3 is 2.44 bits per heavy atom. The van der Waals surface area contributed by atoms with Crippen LogP contribution in [0.25, 0.3) is 11.1 Å². The molecule has 1 unspecified atom stereocenters. The van der Waals surface area contributed by atoms with Gasteiger partial charge in [0.2, 0.25) is 6.10 Å². The monoisotopic (exact) mass is 467 g/mol. The maximum Gasteiger partial charge on any atom is 0.345 e. The Balaban J connectivity index is 2.00. The third kappa shape index (κ3) is 5.66. The van der Waals surface area contributed by atoms with E-state index in [1.165, 1.54) is 6.07 Å². The van der Waals surface area contributed by atoms with Crippen molar-refractivity contribution in [1.82, 2.24) is 4.98 Å².